The van der Waals surface area contributed by atoms with E-state index in [-0.39, 0.29) is 5.91 Å². The molecule has 0 saturated carbocycles. The van der Waals surface area contributed by atoms with E-state index in [9.17, 15) is 4.79 Å². The standard InChI is InChI=1S/C17H24N6O/c1-21(12-15-6-3-2-4-7-15)16-8-5-10-22(13-16)17(24)9-11-23-14-18-19-20-23/h2-4,6-7,14,16H,5,8-13H2,1H3/t16-/m0/s1. The molecule has 7 heteroatoms. The van der Waals surface area contributed by atoms with Crippen molar-refractivity contribution in [2.24, 2.45) is 0 Å². The molecule has 0 N–H and O–H groups in total. The highest BCUT2D eigenvalue weighted by atomic mass is 16.2. The molecule has 2 aromatic rings. The van der Waals surface area contributed by atoms with E-state index in [0.717, 1.165) is 32.5 Å². The molecule has 7 nitrogen and oxygen atoms in total. The Balaban J connectivity index is 1.50. The minimum atomic E-state index is 0.184. The van der Waals surface area contributed by atoms with Gasteiger partial charge in [0.1, 0.15) is 6.33 Å². The summed E-state index contributed by atoms with van der Waals surface area (Å²) >= 11 is 0. The molecule has 1 amide bonds. The summed E-state index contributed by atoms with van der Waals surface area (Å²) in [5.41, 5.74) is 1.31. The average Bonchev–Trinajstić information content (AvgIpc) is 3.14. The Morgan fingerprint density at radius 3 is 2.92 bits per heavy atom. The Hall–Kier alpha value is -2.28. The zero-order valence-electron chi connectivity index (χ0n) is 14.1. The fourth-order valence-electron chi connectivity index (χ4n) is 3.19. The normalized spacial score (nSPS) is 18.1. The number of hydrogen-bond acceptors (Lipinski definition) is 5. The van der Waals surface area contributed by atoms with Gasteiger partial charge in [-0.2, -0.15) is 0 Å². The van der Waals surface area contributed by atoms with Crippen molar-refractivity contribution in [1.29, 1.82) is 0 Å². The molecule has 3 rings (SSSR count). The molecule has 1 saturated heterocycles. The maximum Gasteiger partial charge on any atom is 0.224 e. The predicted molar refractivity (Wildman–Crippen MR) is 89.9 cm³/mol. The van der Waals surface area contributed by atoms with Crippen molar-refractivity contribution >= 4 is 5.91 Å². The van der Waals surface area contributed by atoms with Crippen LogP contribution >= 0.6 is 0 Å². The fourth-order valence-corrected chi connectivity index (χ4v) is 3.19. The number of carbonyl (C=O) groups excluding carboxylic acids is 1. The first-order valence-corrected chi connectivity index (χ1v) is 8.45. The first-order valence-electron chi connectivity index (χ1n) is 8.45. The van der Waals surface area contributed by atoms with E-state index in [1.54, 1.807) is 11.0 Å². The highest BCUT2D eigenvalue weighted by Crippen LogP contribution is 2.17. The summed E-state index contributed by atoms with van der Waals surface area (Å²) in [6.45, 7) is 3.10. The fraction of sp³-hybridized carbons (Fsp3) is 0.529. The molecule has 1 aliphatic heterocycles. The second kappa shape index (κ2) is 8.01. The van der Waals surface area contributed by atoms with Crippen LogP contribution < -0.4 is 0 Å². The predicted octanol–water partition coefficient (Wildman–Crippen LogP) is 1.19. The van der Waals surface area contributed by atoms with Crippen LogP contribution in [0.4, 0.5) is 0 Å². The van der Waals surface area contributed by atoms with Gasteiger partial charge in [-0.05, 0) is 35.9 Å². The van der Waals surface area contributed by atoms with Crippen molar-refractivity contribution in [3.63, 3.8) is 0 Å². The SMILES string of the molecule is CN(Cc1ccccc1)[C@H]1CCCN(C(=O)CCn2cnnn2)C1. The van der Waals surface area contributed by atoms with E-state index >= 15 is 0 Å². The Bertz CT molecular complexity index is 630. The topological polar surface area (TPSA) is 67.2 Å². The van der Waals surface area contributed by atoms with Crippen LogP contribution in [-0.2, 0) is 17.9 Å². The van der Waals surface area contributed by atoms with E-state index < -0.39 is 0 Å². The van der Waals surface area contributed by atoms with E-state index in [1.165, 1.54) is 5.56 Å². The van der Waals surface area contributed by atoms with Crippen molar-refractivity contribution < 1.29 is 4.79 Å². The van der Waals surface area contributed by atoms with Gasteiger partial charge < -0.3 is 4.90 Å². The van der Waals surface area contributed by atoms with Crippen molar-refractivity contribution in [2.45, 2.75) is 38.4 Å². The van der Waals surface area contributed by atoms with Gasteiger partial charge in [0.25, 0.3) is 0 Å². The van der Waals surface area contributed by atoms with Crippen LogP contribution in [-0.4, -0.2) is 62.1 Å². The minimum absolute atomic E-state index is 0.184. The second-order valence-corrected chi connectivity index (χ2v) is 6.36. The summed E-state index contributed by atoms with van der Waals surface area (Å²) in [6, 6.07) is 10.9. The van der Waals surface area contributed by atoms with Gasteiger partial charge in [-0.25, -0.2) is 4.68 Å². The lowest BCUT2D eigenvalue weighted by Crippen LogP contribution is -2.48. The lowest BCUT2D eigenvalue weighted by atomic mass is 10.0. The van der Waals surface area contributed by atoms with Crippen LogP contribution in [0.25, 0.3) is 0 Å². The van der Waals surface area contributed by atoms with E-state index in [0.29, 0.717) is 19.0 Å². The maximum atomic E-state index is 12.4. The number of aryl methyl sites for hydroxylation is 1. The number of benzene rings is 1. The molecule has 1 aliphatic rings. The molecule has 1 aromatic carbocycles. The zero-order valence-corrected chi connectivity index (χ0v) is 14.1. The van der Waals surface area contributed by atoms with Gasteiger partial charge in [-0.1, -0.05) is 30.3 Å². The smallest absolute Gasteiger partial charge is 0.224 e. The third-order valence-electron chi connectivity index (χ3n) is 4.59. The molecule has 24 heavy (non-hydrogen) atoms. The molecule has 1 atom stereocenters. The van der Waals surface area contributed by atoms with Gasteiger partial charge >= 0.3 is 0 Å². The Morgan fingerprint density at radius 2 is 2.17 bits per heavy atom. The molecular weight excluding hydrogens is 304 g/mol. The van der Waals surface area contributed by atoms with Crippen LogP contribution in [0.5, 0.6) is 0 Å². The van der Waals surface area contributed by atoms with Crippen LogP contribution in [0.3, 0.4) is 0 Å². The second-order valence-electron chi connectivity index (χ2n) is 6.36. The zero-order chi connectivity index (χ0) is 16.8. The lowest BCUT2D eigenvalue weighted by molar-refractivity contribution is -0.133. The van der Waals surface area contributed by atoms with E-state index in [4.69, 9.17) is 0 Å². The summed E-state index contributed by atoms with van der Waals surface area (Å²) in [7, 11) is 2.15. The van der Waals surface area contributed by atoms with Crippen molar-refractivity contribution in [1.82, 2.24) is 30.0 Å². The van der Waals surface area contributed by atoms with E-state index in [2.05, 4.69) is 51.7 Å². The lowest BCUT2D eigenvalue weighted by Gasteiger charge is -2.37. The Kier molecular flexibility index (Phi) is 5.53. The number of likely N-dealkylation sites (N-methyl/N-ethyl adjacent to an activating group) is 1. The number of rotatable bonds is 6. The molecule has 0 spiro atoms. The first-order chi connectivity index (χ1) is 11.7. The van der Waals surface area contributed by atoms with Crippen LogP contribution in [0.15, 0.2) is 36.7 Å². The van der Waals surface area contributed by atoms with Crippen molar-refractivity contribution in [3.05, 3.63) is 42.2 Å². The molecule has 128 valence electrons. The van der Waals surface area contributed by atoms with E-state index in [1.807, 2.05) is 11.0 Å². The summed E-state index contributed by atoms with van der Waals surface area (Å²) in [4.78, 5) is 16.8. The molecule has 1 fully saturated rings. The number of likely N-dealkylation sites (tertiary alicyclic amines) is 1. The highest BCUT2D eigenvalue weighted by Gasteiger charge is 2.26. The Labute approximate surface area is 142 Å². The van der Waals surface area contributed by atoms with Crippen molar-refractivity contribution in [2.75, 3.05) is 20.1 Å². The molecular formula is C17H24N6O. The number of piperidine rings is 1. The number of aromatic nitrogens is 4. The number of nitrogens with zero attached hydrogens (tertiary/aromatic N) is 6. The summed E-state index contributed by atoms with van der Waals surface area (Å²) in [5.74, 6) is 0.184. The molecule has 0 bridgehead atoms. The summed E-state index contributed by atoms with van der Waals surface area (Å²) in [6.07, 6.45) is 4.18. The number of carbonyl (C=O) groups is 1. The number of amides is 1. The third-order valence-corrected chi connectivity index (χ3v) is 4.59. The highest BCUT2D eigenvalue weighted by molar-refractivity contribution is 5.76. The maximum absolute atomic E-state index is 12.4. The van der Waals surface area contributed by atoms with Gasteiger partial charge in [0.05, 0.1) is 6.54 Å². The Morgan fingerprint density at radius 1 is 1.33 bits per heavy atom. The average molecular weight is 328 g/mol. The first kappa shape index (κ1) is 16.6. The van der Waals surface area contributed by atoms with Crippen LogP contribution in [0, 0.1) is 0 Å². The van der Waals surface area contributed by atoms with Crippen LogP contribution in [0.1, 0.15) is 24.8 Å². The monoisotopic (exact) mass is 328 g/mol. The van der Waals surface area contributed by atoms with Gasteiger partial charge in [-0.15, -0.1) is 5.10 Å². The quantitative estimate of drug-likeness (QED) is 0.797. The molecule has 0 unspecified atom stereocenters. The van der Waals surface area contributed by atoms with Crippen LogP contribution in [0.2, 0.25) is 0 Å². The van der Waals surface area contributed by atoms with Crippen molar-refractivity contribution in [3.8, 4) is 0 Å². The van der Waals surface area contributed by atoms with Gasteiger partial charge in [0.15, 0.2) is 0 Å². The number of tetrazole rings is 1. The van der Waals surface area contributed by atoms with Gasteiger partial charge in [-0.3, -0.25) is 9.69 Å². The number of hydrogen-bond donors (Lipinski definition) is 0. The summed E-state index contributed by atoms with van der Waals surface area (Å²) < 4.78 is 1.60. The van der Waals surface area contributed by atoms with Gasteiger partial charge in [0, 0.05) is 32.1 Å². The molecule has 0 radical (unpaired) electrons. The van der Waals surface area contributed by atoms with Gasteiger partial charge in [0.2, 0.25) is 5.91 Å². The molecule has 0 aliphatic carbocycles. The minimum Gasteiger partial charge on any atom is -0.341 e. The third kappa shape index (κ3) is 4.38. The molecule has 1 aromatic heterocycles. The molecule has 2 heterocycles. The largest absolute Gasteiger partial charge is 0.341 e. The summed E-state index contributed by atoms with van der Waals surface area (Å²) in [5, 5.41) is 11.0.